The molecule has 2 aromatic rings. The largest absolute Gasteiger partial charge is 0.485 e. The van der Waals surface area contributed by atoms with Crippen molar-refractivity contribution in [3.63, 3.8) is 0 Å². The first-order valence-corrected chi connectivity index (χ1v) is 8.82. The number of carbonyl (C=O) groups is 1. The summed E-state index contributed by atoms with van der Waals surface area (Å²) in [5.41, 5.74) is 1.14. The van der Waals surface area contributed by atoms with Gasteiger partial charge in [-0.05, 0) is 19.9 Å². The van der Waals surface area contributed by atoms with E-state index in [9.17, 15) is 9.90 Å². The minimum atomic E-state index is -0.713. The van der Waals surface area contributed by atoms with Gasteiger partial charge in [0.15, 0.2) is 0 Å². The first-order valence-electron chi connectivity index (χ1n) is 8.44. The van der Waals surface area contributed by atoms with Crippen LogP contribution in [0.4, 0.5) is 10.5 Å². The summed E-state index contributed by atoms with van der Waals surface area (Å²) in [5, 5.41) is 21.2. The number of anilines is 1. The maximum absolute atomic E-state index is 12.7. The Labute approximate surface area is 155 Å². The molecule has 1 saturated heterocycles. The average molecular weight is 378 g/mol. The van der Waals surface area contributed by atoms with Gasteiger partial charge in [-0.15, -0.1) is 5.10 Å². The lowest BCUT2D eigenvalue weighted by Crippen LogP contribution is -2.34. The van der Waals surface area contributed by atoms with Gasteiger partial charge in [-0.2, -0.15) is 0 Å². The second-order valence-electron chi connectivity index (χ2n) is 7.30. The normalized spacial score (nSPS) is 23.6. The molecule has 1 aromatic heterocycles. The number of fused-ring (bicyclic) bond motifs is 1. The zero-order valence-electron chi connectivity index (χ0n) is 14.5. The van der Waals surface area contributed by atoms with Crippen LogP contribution in [0.15, 0.2) is 24.5 Å². The van der Waals surface area contributed by atoms with E-state index in [1.165, 1.54) is 4.90 Å². The van der Waals surface area contributed by atoms with Gasteiger partial charge < -0.3 is 20.1 Å². The van der Waals surface area contributed by atoms with E-state index >= 15 is 0 Å². The van der Waals surface area contributed by atoms with Crippen molar-refractivity contribution in [2.75, 3.05) is 18.4 Å². The maximum atomic E-state index is 12.7. The lowest BCUT2D eigenvalue weighted by molar-refractivity contribution is 0.139. The first kappa shape index (κ1) is 17.1. The highest BCUT2D eigenvalue weighted by molar-refractivity contribution is 6.34. The predicted molar refractivity (Wildman–Crippen MR) is 95.5 cm³/mol. The fourth-order valence-corrected chi connectivity index (χ4v) is 3.72. The quantitative estimate of drug-likeness (QED) is 0.836. The van der Waals surface area contributed by atoms with Crippen LogP contribution < -0.4 is 10.1 Å². The summed E-state index contributed by atoms with van der Waals surface area (Å²) in [6, 6.07) is 3.02. The molecule has 8 nitrogen and oxygen atoms in total. The van der Waals surface area contributed by atoms with Gasteiger partial charge in [0.25, 0.3) is 0 Å². The molecule has 2 amide bonds. The summed E-state index contributed by atoms with van der Waals surface area (Å²) in [6.45, 7) is 4.52. The third kappa shape index (κ3) is 2.99. The summed E-state index contributed by atoms with van der Waals surface area (Å²) in [7, 11) is 0. The highest BCUT2D eigenvalue weighted by atomic mass is 35.5. The molecule has 26 heavy (non-hydrogen) atoms. The Morgan fingerprint density at radius 1 is 1.42 bits per heavy atom. The molecule has 1 aromatic carbocycles. The first-order chi connectivity index (χ1) is 12.3. The van der Waals surface area contributed by atoms with Crippen molar-refractivity contribution < 1.29 is 14.6 Å². The van der Waals surface area contributed by atoms with E-state index in [1.807, 2.05) is 19.9 Å². The summed E-state index contributed by atoms with van der Waals surface area (Å²) < 4.78 is 7.55. The molecular formula is C17H20ClN5O3. The number of β-amino-alcohol motifs (C(OH)–C–C–N with tert-alkyl or cyclic N) is 1. The summed E-state index contributed by atoms with van der Waals surface area (Å²) in [4.78, 5) is 14.3. The van der Waals surface area contributed by atoms with Crippen LogP contribution in [0.1, 0.15) is 25.5 Å². The molecule has 1 fully saturated rings. The lowest BCUT2D eigenvalue weighted by Gasteiger charge is -2.21. The number of amides is 2. The van der Waals surface area contributed by atoms with Crippen molar-refractivity contribution in [1.82, 2.24) is 19.9 Å². The molecular weight excluding hydrogens is 358 g/mol. The highest BCUT2D eigenvalue weighted by Crippen LogP contribution is 2.44. The Balaban J connectivity index is 1.53. The molecule has 0 unspecified atom stereocenters. The number of carbonyl (C=O) groups excluding carboxylic acids is 1. The van der Waals surface area contributed by atoms with Crippen molar-refractivity contribution in [2.24, 2.45) is 0 Å². The third-order valence-electron chi connectivity index (χ3n) is 4.74. The van der Waals surface area contributed by atoms with Crippen molar-refractivity contribution in [3.8, 4) is 5.75 Å². The molecule has 9 heteroatoms. The van der Waals surface area contributed by atoms with Crippen molar-refractivity contribution in [2.45, 2.75) is 38.0 Å². The number of hydrogen-bond donors (Lipinski definition) is 2. The number of benzene rings is 1. The number of nitrogens with one attached hydrogen (secondary N) is 1. The van der Waals surface area contributed by atoms with Gasteiger partial charge in [-0.3, -0.25) is 0 Å². The van der Waals surface area contributed by atoms with Gasteiger partial charge in [0.05, 0.1) is 29.9 Å². The van der Waals surface area contributed by atoms with E-state index in [-0.39, 0.29) is 24.2 Å². The topological polar surface area (TPSA) is 92.5 Å². The second-order valence-corrected chi connectivity index (χ2v) is 7.71. The Morgan fingerprint density at radius 3 is 2.96 bits per heavy atom. The van der Waals surface area contributed by atoms with Gasteiger partial charge in [0.2, 0.25) is 0 Å². The Hall–Kier alpha value is -2.32. The number of aliphatic hydroxyl groups excluding tert-OH is 1. The van der Waals surface area contributed by atoms with E-state index in [0.29, 0.717) is 23.0 Å². The summed E-state index contributed by atoms with van der Waals surface area (Å²) in [5.74, 6) is 0.614. The van der Waals surface area contributed by atoms with Crippen molar-refractivity contribution >= 4 is 23.3 Å². The van der Waals surface area contributed by atoms with Crippen molar-refractivity contribution in [1.29, 1.82) is 0 Å². The van der Waals surface area contributed by atoms with E-state index in [0.717, 1.165) is 12.0 Å². The molecule has 2 aliphatic heterocycles. The minimum Gasteiger partial charge on any atom is -0.485 e. The molecule has 3 heterocycles. The molecule has 4 rings (SSSR count). The van der Waals surface area contributed by atoms with Crippen LogP contribution >= 0.6 is 11.6 Å². The second kappa shape index (κ2) is 6.14. The zero-order chi connectivity index (χ0) is 18.5. The van der Waals surface area contributed by atoms with Gasteiger partial charge in [-0.1, -0.05) is 22.9 Å². The Bertz CT molecular complexity index is 839. The van der Waals surface area contributed by atoms with E-state index in [2.05, 4.69) is 15.6 Å². The molecule has 138 valence electrons. The van der Waals surface area contributed by atoms with Crippen LogP contribution in [0.3, 0.4) is 0 Å². The molecule has 2 N–H and O–H groups in total. The minimum absolute atomic E-state index is 0.204. The average Bonchev–Trinajstić information content (AvgIpc) is 3.27. The SMILES string of the molecule is CC1(C)Cc2ccc(Cl)c(NC(=O)N3C[C@@H](O)[C@H](n4ccnn4)C3)c2O1. The highest BCUT2D eigenvalue weighted by Gasteiger charge is 2.37. The van der Waals surface area contributed by atoms with Crippen LogP contribution in [0.5, 0.6) is 5.75 Å². The molecule has 0 saturated carbocycles. The zero-order valence-corrected chi connectivity index (χ0v) is 15.3. The van der Waals surface area contributed by atoms with E-state index < -0.39 is 6.10 Å². The van der Waals surface area contributed by atoms with Gasteiger partial charge in [0.1, 0.15) is 17.0 Å². The van der Waals surface area contributed by atoms with Crippen molar-refractivity contribution in [3.05, 3.63) is 35.1 Å². The van der Waals surface area contributed by atoms with Crippen LogP contribution in [0, 0.1) is 0 Å². The number of halogens is 1. The lowest BCUT2D eigenvalue weighted by atomic mass is 10.0. The number of ether oxygens (including phenoxy) is 1. The number of rotatable bonds is 2. The van der Waals surface area contributed by atoms with Crippen LogP contribution in [0.25, 0.3) is 0 Å². The van der Waals surface area contributed by atoms with Gasteiger partial charge in [-0.25, -0.2) is 9.48 Å². The monoisotopic (exact) mass is 377 g/mol. The number of aliphatic hydroxyl groups is 1. The maximum Gasteiger partial charge on any atom is 0.322 e. The number of urea groups is 1. The smallest absolute Gasteiger partial charge is 0.322 e. The number of aromatic nitrogens is 3. The number of nitrogens with zero attached hydrogens (tertiary/aromatic N) is 4. The van der Waals surface area contributed by atoms with Crippen LogP contribution in [-0.2, 0) is 6.42 Å². The van der Waals surface area contributed by atoms with Gasteiger partial charge in [0, 0.05) is 24.7 Å². The number of hydrogen-bond acceptors (Lipinski definition) is 5. The summed E-state index contributed by atoms with van der Waals surface area (Å²) >= 11 is 6.31. The molecule has 0 bridgehead atoms. The van der Waals surface area contributed by atoms with Crippen LogP contribution in [0.2, 0.25) is 5.02 Å². The molecule has 0 radical (unpaired) electrons. The molecule has 0 aliphatic carbocycles. The standard InChI is InChI=1S/C17H20ClN5O3/c1-17(2)7-10-3-4-11(18)14(15(10)26-17)20-16(25)22-8-12(13(24)9-22)23-6-5-19-21-23/h3-6,12-13,24H,7-9H2,1-2H3,(H,20,25)/t12-,13-/m1/s1. The fourth-order valence-electron chi connectivity index (χ4n) is 3.52. The number of likely N-dealkylation sites (tertiary alicyclic amines) is 1. The molecule has 2 atom stereocenters. The van der Waals surface area contributed by atoms with E-state index in [1.54, 1.807) is 23.1 Å². The third-order valence-corrected chi connectivity index (χ3v) is 5.06. The fraction of sp³-hybridized carbons (Fsp3) is 0.471. The van der Waals surface area contributed by atoms with E-state index in [4.69, 9.17) is 16.3 Å². The Kier molecular flexibility index (Phi) is 4.04. The predicted octanol–water partition coefficient (Wildman–Crippen LogP) is 2.09. The molecule has 2 aliphatic rings. The molecule has 0 spiro atoms. The summed E-state index contributed by atoms with van der Waals surface area (Å²) in [6.07, 6.45) is 3.25. The van der Waals surface area contributed by atoms with Crippen LogP contribution in [-0.4, -0.2) is 55.8 Å². The van der Waals surface area contributed by atoms with Gasteiger partial charge >= 0.3 is 6.03 Å². The Morgan fingerprint density at radius 2 is 2.23 bits per heavy atom.